The van der Waals surface area contributed by atoms with Crippen LogP contribution in [0, 0.1) is 0 Å². The van der Waals surface area contributed by atoms with Crippen molar-refractivity contribution in [3.63, 3.8) is 0 Å². The van der Waals surface area contributed by atoms with Crippen LogP contribution >= 0.6 is 0 Å². The third kappa shape index (κ3) is 5.10. The molecule has 1 aliphatic carbocycles. The Morgan fingerprint density at radius 2 is 2.00 bits per heavy atom. The van der Waals surface area contributed by atoms with Crippen molar-refractivity contribution in [2.24, 2.45) is 0 Å². The van der Waals surface area contributed by atoms with Crippen molar-refractivity contribution in [1.29, 1.82) is 0 Å². The molecule has 0 aliphatic heterocycles. The van der Waals surface area contributed by atoms with Crippen LogP contribution in [0.25, 0.3) is 10.9 Å². The first-order valence-corrected chi connectivity index (χ1v) is 10.5. The van der Waals surface area contributed by atoms with E-state index in [4.69, 9.17) is 9.26 Å². The van der Waals surface area contributed by atoms with Gasteiger partial charge in [-0.25, -0.2) is 0 Å². The number of hydrogen-bond acceptors (Lipinski definition) is 5. The van der Waals surface area contributed by atoms with E-state index in [1.54, 1.807) is 0 Å². The summed E-state index contributed by atoms with van der Waals surface area (Å²) in [5.74, 6) is 0.969. The van der Waals surface area contributed by atoms with Crippen molar-refractivity contribution in [3.05, 3.63) is 29.5 Å². The second kappa shape index (κ2) is 9.88. The smallest absolute Gasteiger partial charge is 0.313 e. The van der Waals surface area contributed by atoms with E-state index in [2.05, 4.69) is 30.0 Å². The third-order valence-corrected chi connectivity index (χ3v) is 5.73. The van der Waals surface area contributed by atoms with E-state index >= 15 is 0 Å². The maximum absolute atomic E-state index is 12.3. The molecule has 0 atom stereocenters. The first-order valence-electron chi connectivity index (χ1n) is 10.5. The van der Waals surface area contributed by atoms with Crippen molar-refractivity contribution < 1.29 is 14.1 Å². The van der Waals surface area contributed by atoms with Crippen LogP contribution in [0.2, 0.25) is 0 Å². The number of hydrogen-bond donors (Lipinski definition) is 0. The zero-order valence-corrected chi connectivity index (χ0v) is 16.7. The van der Waals surface area contributed by atoms with Gasteiger partial charge in [-0.15, -0.1) is 0 Å². The van der Waals surface area contributed by atoms with Crippen LogP contribution in [0.1, 0.15) is 69.6 Å². The Kier molecular flexibility index (Phi) is 7.27. The number of esters is 1. The zero-order valence-electron chi connectivity index (χ0n) is 16.7. The molecule has 148 valence electrons. The second-order valence-corrected chi connectivity index (χ2v) is 7.46. The van der Waals surface area contributed by atoms with E-state index in [0.717, 1.165) is 37.0 Å². The molecule has 3 rings (SSSR count). The molecule has 1 aromatic heterocycles. The monoisotopic (exact) mass is 372 g/mol. The highest BCUT2D eigenvalue weighted by molar-refractivity contribution is 5.88. The van der Waals surface area contributed by atoms with Gasteiger partial charge in [0.25, 0.3) is 0 Å². The van der Waals surface area contributed by atoms with Gasteiger partial charge in [0.15, 0.2) is 5.76 Å². The average molecular weight is 373 g/mol. The van der Waals surface area contributed by atoms with Gasteiger partial charge in [-0.05, 0) is 49.9 Å². The van der Waals surface area contributed by atoms with Crippen LogP contribution in [0.4, 0.5) is 0 Å². The van der Waals surface area contributed by atoms with Crippen LogP contribution < -0.4 is 0 Å². The minimum absolute atomic E-state index is 0.158. The Labute approximate surface area is 162 Å². The zero-order chi connectivity index (χ0) is 19.1. The Bertz CT molecular complexity index is 730. The van der Waals surface area contributed by atoms with Crippen LogP contribution in [-0.4, -0.2) is 42.3 Å². The maximum Gasteiger partial charge on any atom is 0.313 e. The Morgan fingerprint density at radius 3 is 2.74 bits per heavy atom. The molecule has 1 aromatic carbocycles. The van der Waals surface area contributed by atoms with Gasteiger partial charge in [0.05, 0.1) is 6.61 Å². The summed E-state index contributed by atoms with van der Waals surface area (Å²) in [6.07, 6.45) is 7.30. The van der Waals surface area contributed by atoms with Crippen LogP contribution in [-0.2, 0) is 16.0 Å². The van der Waals surface area contributed by atoms with Gasteiger partial charge in [-0.3, -0.25) is 4.79 Å². The summed E-state index contributed by atoms with van der Waals surface area (Å²) in [7, 11) is 0. The van der Waals surface area contributed by atoms with Gasteiger partial charge in [-0.2, -0.15) is 0 Å². The van der Waals surface area contributed by atoms with Gasteiger partial charge in [0.1, 0.15) is 11.9 Å². The van der Waals surface area contributed by atoms with Crippen molar-refractivity contribution in [2.75, 3.05) is 26.2 Å². The molecule has 2 aromatic rings. The summed E-state index contributed by atoms with van der Waals surface area (Å²) < 4.78 is 11.0. The number of nitrogens with zero attached hydrogens (tertiary/aromatic N) is 2. The van der Waals surface area contributed by atoms with Gasteiger partial charge in [0, 0.05) is 11.9 Å². The largest absolute Gasteiger partial charge is 0.465 e. The third-order valence-electron chi connectivity index (χ3n) is 5.73. The van der Waals surface area contributed by atoms with E-state index in [-0.39, 0.29) is 12.4 Å². The highest BCUT2D eigenvalue weighted by Crippen LogP contribution is 2.37. The lowest BCUT2D eigenvalue weighted by atomic mass is 9.82. The first-order chi connectivity index (χ1) is 13.2. The minimum Gasteiger partial charge on any atom is -0.465 e. The summed E-state index contributed by atoms with van der Waals surface area (Å²) >= 11 is 0. The molecule has 1 aliphatic rings. The quantitative estimate of drug-likeness (QED) is 0.472. The predicted octanol–water partition coefficient (Wildman–Crippen LogP) is 4.69. The minimum atomic E-state index is -0.231. The Hall–Kier alpha value is -1.88. The lowest BCUT2D eigenvalue weighted by molar-refractivity contribution is -0.143. The van der Waals surface area contributed by atoms with Gasteiger partial charge in [-0.1, -0.05) is 50.4 Å². The summed E-state index contributed by atoms with van der Waals surface area (Å²) in [6.45, 7) is 7.76. The van der Waals surface area contributed by atoms with Crippen LogP contribution in [0.5, 0.6) is 0 Å². The average Bonchev–Trinajstić information content (AvgIpc) is 3.12. The Balaban J connectivity index is 1.62. The molecule has 1 fully saturated rings. The standard InChI is InChI=1S/C22H32N2O3/c1-3-24(4-2)14-9-15-26-21(25)16-20-22-18(17-10-6-5-7-11-17)12-8-13-19(22)23-27-20/h8,12-13,17H,3-7,9-11,14-16H2,1-2H3. The number of benzene rings is 1. The summed E-state index contributed by atoms with van der Waals surface area (Å²) in [5, 5.41) is 5.21. The van der Waals surface area contributed by atoms with Crippen molar-refractivity contribution in [2.45, 2.75) is 64.7 Å². The molecule has 0 N–H and O–H groups in total. The molecule has 0 unspecified atom stereocenters. The fraction of sp³-hybridized carbons (Fsp3) is 0.636. The lowest BCUT2D eigenvalue weighted by Gasteiger charge is -2.22. The number of carbonyl (C=O) groups is 1. The van der Waals surface area contributed by atoms with Crippen molar-refractivity contribution in [3.8, 4) is 0 Å². The topological polar surface area (TPSA) is 55.6 Å². The molecule has 27 heavy (non-hydrogen) atoms. The SMILES string of the molecule is CCN(CC)CCCOC(=O)Cc1onc2cccc(C3CCCCC3)c12. The fourth-order valence-corrected chi connectivity index (χ4v) is 4.16. The first kappa shape index (κ1) is 19.9. The highest BCUT2D eigenvalue weighted by Gasteiger charge is 2.22. The highest BCUT2D eigenvalue weighted by atomic mass is 16.5. The van der Waals surface area contributed by atoms with Gasteiger partial charge in [0.2, 0.25) is 0 Å². The van der Waals surface area contributed by atoms with Crippen molar-refractivity contribution >= 4 is 16.9 Å². The molecule has 5 nitrogen and oxygen atoms in total. The molecule has 1 saturated carbocycles. The number of fused-ring (bicyclic) bond motifs is 1. The van der Waals surface area contributed by atoms with Crippen LogP contribution in [0.15, 0.2) is 22.7 Å². The predicted molar refractivity (Wildman–Crippen MR) is 107 cm³/mol. The van der Waals surface area contributed by atoms with Gasteiger partial charge < -0.3 is 14.2 Å². The molecule has 0 radical (unpaired) electrons. The summed E-state index contributed by atoms with van der Waals surface area (Å²) in [4.78, 5) is 14.6. The normalized spacial score (nSPS) is 15.5. The van der Waals surface area contributed by atoms with Crippen molar-refractivity contribution in [1.82, 2.24) is 10.1 Å². The molecular formula is C22H32N2O3. The molecule has 0 amide bonds. The molecule has 5 heteroatoms. The van der Waals surface area contributed by atoms with E-state index in [1.165, 1.54) is 37.7 Å². The van der Waals surface area contributed by atoms with E-state index in [9.17, 15) is 4.79 Å². The lowest BCUT2D eigenvalue weighted by Crippen LogP contribution is -2.25. The van der Waals surface area contributed by atoms with E-state index in [0.29, 0.717) is 18.3 Å². The molecule has 0 saturated heterocycles. The number of rotatable bonds is 9. The second-order valence-electron chi connectivity index (χ2n) is 7.46. The van der Waals surface area contributed by atoms with Crippen LogP contribution in [0.3, 0.4) is 0 Å². The Morgan fingerprint density at radius 1 is 1.22 bits per heavy atom. The summed E-state index contributed by atoms with van der Waals surface area (Å²) in [6, 6.07) is 6.18. The van der Waals surface area contributed by atoms with E-state index in [1.807, 2.05) is 12.1 Å². The molecule has 0 bridgehead atoms. The number of ether oxygens (including phenoxy) is 1. The fourth-order valence-electron chi connectivity index (χ4n) is 4.16. The summed E-state index contributed by atoms with van der Waals surface area (Å²) in [5.41, 5.74) is 2.14. The molecule has 0 spiro atoms. The molecular weight excluding hydrogens is 340 g/mol. The molecule has 1 heterocycles. The number of aromatic nitrogens is 1. The number of carbonyl (C=O) groups excluding carboxylic acids is 1. The van der Waals surface area contributed by atoms with Gasteiger partial charge >= 0.3 is 5.97 Å². The van der Waals surface area contributed by atoms with E-state index < -0.39 is 0 Å². The maximum atomic E-state index is 12.3.